The molecule has 28 heavy (non-hydrogen) atoms. The molecule has 6 nitrogen and oxygen atoms in total. The van der Waals surface area contributed by atoms with E-state index in [9.17, 15) is 9.59 Å². The summed E-state index contributed by atoms with van der Waals surface area (Å²) in [6.07, 6.45) is 4.22. The van der Waals surface area contributed by atoms with E-state index < -0.39 is 5.97 Å². The van der Waals surface area contributed by atoms with Crippen LogP contribution in [0.4, 0.5) is 0 Å². The average Bonchev–Trinajstić information content (AvgIpc) is 3.09. The highest BCUT2D eigenvalue weighted by Crippen LogP contribution is 2.23. The van der Waals surface area contributed by atoms with Crippen LogP contribution in [-0.4, -0.2) is 27.4 Å². The molecule has 0 saturated heterocycles. The van der Waals surface area contributed by atoms with E-state index >= 15 is 0 Å². The Bertz CT molecular complexity index is 1130. The zero-order valence-corrected chi connectivity index (χ0v) is 15.4. The Morgan fingerprint density at radius 2 is 1.68 bits per heavy atom. The lowest BCUT2D eigenvalue weighted by atomic mass is 10.1. The van der Waals surface area contributed by atoms with E-state index in [1.165, 1.54) is 17.4 Å². The number of carbonyl (C=O) groups is 1. The fourth-order valence-electron chi connectivity index (χ4n) is 3.20. The van der Waals surface area contributed by atoms with Gasteiger partial charge in [-0.3, -0.25) is 4.79 Å². The van der Waals surface area contributed by atoms with Gasteiger partial charge in [0.05, 0.1) is 18.4 Å². The van der Waals surface area contributed by atoms with Crippen molar-refractivity contribution in [1.82, 2.24) is 14.3 Å². The highest BCUT2D eigenvalue weighted by atomic mass is 16.5. The number of pyridine rings is 1. The monoisotopic (exact) mass is 373 g/mol. The van der Waals surface area contributed by atoms with Gasteiger partial charge in [-0.2, -0.15) is 9.78 Å². The van der Waals surface area contributed by atoms with Gasteiger partial charge in [-0.15, -0.1) is 0 Å². The molecule has 0 saturated carbocycles. The summed E-state index contributed by atoms with van der Waals surface area (Å²) in [5.74, 6) is -0.517. The van der Waals surface area contributed by atoms with E-state index in [-0.39, 0.29) is 11.1 Å². The molecule has 2 heterocycles. The molecular weight excluding hydrogens is 354 g/mol. The first-order valence-electron chi connectivity index (χ1n) is 8.98. The van der Waals surface area contributed by atoms with Gasteiger partial charge in [-0.1, -0.05) is 48.5 Å². The molecule has 0 fully saturated rings. The maximum absolute atomic E-state index is 13.0. The van der Waals surface area contributed by atoms with Gasteiger partial charge in [0.25, 0.3) is 5.56 Å². The van der Waals surface area contributed by atoms with Crippen molar-refractivity contribution in [2.75, 3.05) is 7.11 Å². The maximum Gasteiger partial charge on any atom is 0.341 e. The van der Waals surface area contributed by atoms with Crippen molar-refractivity contribution in [2.45, 2.75) is 13.0 Å². The molecule has 0 radical (unpaired) electrons. The smallest absolute Gasteiger partial charge is 0.341 e. The largest absolute Gasteiger partial charge is 0.465 e. The van der Waals surface area contributed by atoms with Crippen molar-refractivity contribution in [3.05, 3.63) is 94.5 Å². The van der Waals surface area contributed by atoms with Crippen molar-refractivity contribution in [1.29, 1.82) is 0 Å². The Morgan fingerprint density at radius 1 is 1.00 bits per heavy atom. The predicted octanol–water partition coefficient (Wildman–Crippen LogP) is 3.17. The first kappa shape index (κ1) is 17.7. The lowest BCUT2D eigenvalue weighted by Gasteiger charge is -2.11. The van der Waals surface area contributed by atoms with Gasteiger partial charge in [0.2, 0.25) is 0 Å². The van der Waals surface area contributed by atoms with Gasteiger partial charge in [-0.25, -0.2) is 4.79 Å². The molecule has 140 valence electrons. The summed E-state index contributed by atoms with van der Waals surface area (Å²) in [5, 5.41) is 4.40. The number of carbonyl (C=O) groups excluding carboxylic acids is 1. The molecule has 0 aromatic heterocycles. The summed E-state index contributed by atoms with van der Waals surface area (Å²) in [5.41, 5.74) is 2.57. The molecule has 0 unspecified atom stereocenters. The van der Waals surface area contributed by atoms with E-state index in [2.05, 4.69) is 5.10 Å². The number of methoxy groups -OCH3 is 1. The number of hydrogen-bond donors (Lipinski definition) is 0. The Morgan fingerprint density at radius 3 is 2.36 bits per heavy atom. The first-order valence-corrected chi connectivity index (χ1v) is 8.98. The van der Waals surface area contributed by atoms with Gasteiger partial charge >= 0.3 is 5.97 Å². The van der Waals surface area contributed by atoms with Crippen LogP contribution in [0.15, 0.2) is 77.9 Å². The maximum atomic E-state index is 13.0. The van der Waals surface area contributed by atoms with Crippen LogP contribution in [0.25, 0.3) is 16.9 Å². The third-order valence-electron chi connectivity index (χ3n) is 4.63. The van der Waals surface area contributed by atoms with Crippen molar-refractivity contribution < 1.29 is 9.53 Å². The molecule has 0 atom stereocenters. The molecule has 2 aliphatic rings. The Labute approximate surface area is 162 Å². The van der Waals surface area contributed by atoms with Gasteiger partial charge in [-0.05, 0) is 24.1 Å². The number of rotatable bonds is 5. The van der Waals surface area contributed by atoms with Crippen LogP contribution >= 0.6 is 0 Å². The van der Waals surface area contributed by atoms with Crippen LogP contribution in [0.2, 0.25) is 0 Å². The second kappa shape index (κ2) is 7.52. The first-order chi connectivity index (χ1) is 13.7. The Hall–Kier alpha value is -3.67. The van der Waals surface area contributed by atoms with Crippen LogP contribution in [0, 0.1) is 0 Å². The van der Waals surface area contributed by atoms with Gasteiger partial charge < -0.3 is 9.30 Å². The molecule has 0 bridgehead atoms. The molecule has 6 heteroatoms. The van der Waals surface area contributed by atoms with Gasteiger partial charge in [0, 0.05) is 18.9 Å². The van der Waals surface area contributed by atoms with Crippen LogP contribution in [0.3, 0.4) is 0 Å². The normalized spacial score (nSPS) is 10.9. The number of ether oxygens (including phenoxy) is 1. The molecule has 0 N–H and O–H groups in total. The summed E-state index contributed by atoms with van der Waals surface area (Å²) < 4.78 is 8.08. The summed E-state index contributed by atoms with van der Waals surface area (Å²) in [6, 6.07) is 19.2. The number of benzene rings is 2. The SMILES string of the molecule is COC(=O)c1cn(CCc2ccccc2)cc2c(=O)n(-c3ccccc3)nc1-2. The standard InChI is InChI=1S/C22H19N3O3/c1-28-22(27)19-15-24(13-12-16-8-4-2-5-9-16)14-18-20(19)23-25(21(18)26)17-10-6-3-7-11-17/h2-11,14-15H,12-13H2,1H3. The molecule has 2 aromatic rings. The van der Waals surface area contributed by atoms with Gasteiger partial charge in [0.15, 0.2) is 0 Å². The number of esters is 1. The lowest BCUT2D eigenvalue weighted by molar-refractivity contribution is 0.0600. The minimum absolute atomic E-state index is 0.264. The van der Waals surface area contributed by atoms with E-state index in [4.69, 9.17) is 4.74 Å². The highest BCUT2D eigenvalue weighted by Gasteiger charge is 2.24. The van der Waals surface area contributed by atoms with E-state index in [1.807, 2.05) is 53.1 Å². The average molecular weight is 373 g/mol. The number of hydrogen-bond acceptors (Lipinski definition) is 4. The minimum atomic E-state index is -0.517. The van der Waals surface area contributed by atoms with Crippen molar-refractivity contribution in [3.63, 3.8) is 0 Å². The summed E-state index contributed by atoms with van der Waals surface area (Å²) in [6.45, 7) is 0.625. The number of aryl methyl sites for hydroxylation is 2. The Balaban J connectivity index is 1.80. The van der Waals surface area contributed by atoms with Crippen molar-refractivity contribution in [3.8, 4) is 16.9 Å². The molecule has 2 aliphatic heterocycles. The zero-order chi connectivity index (χ0) is 19.5. The second-order valence-electron chi connectivity index (χ2n) is 6.45. The van der Waals surface area contributed by atoms with Crippen LogP contribution in [-0.2, 0) is 17.7 Å². The van der Waals surface area contributed by atoms with Crippen molar-refractivity contribution >= 4 is 5.97 Å². The molecule has 0 amide bonds. The topological polar surface area (TPSA) is 66.1 Å². The van der Waals surface area contributed by atoms with Crippen LogP contribution < -0.4 is 5.56 Å². The number of fused-ring (bicyclic) bond motifs is 1. The quantitative estimate of drug-likeness (QED) is 0.504. The fourth-order valence-corrected chi connectivity index (χ4v) is 3.20. The lowest BCUT2D eigenvalue weighted by Crippen LogP contribution is -2.16. The van der Waals surface area contributed by atoms with E-state index in [0.29, 0.717) is 23.5 Å². The van der Waals surface area contributed by atoms with Crippen LogP contribution in [0.1, 0.15) is 15.9 Å². The van der Waals surface area contributed by atoms with E-state index in [0.717, 1.165) is 6.42 Å². The highest BCUT2D eigenvalue weighted by molar-refractivity contribution is 5.96. The molecule has 0 spiro atoms. The molecule has 2 aromatic carbocycles. The van der Waals surface area contributed by atoms with E-state index in [1.54, 1.807) is 24.5 Å². The Kier molecular flexibility index (Phi) is 4.76. The third kappa shape index (κ3) is 3.32. The predicted molar refractivity (Wildman–Crippen MR) is 106 cm³/mol. The second-order valence-corrected chi connectivity index (χ2v) is 6.45. The third-order valence-corrected chi connectivity index (χ3v) is 4.63. The van der Waals surface area contributed by atoms with Crippen LogP contribution in [0.5, 0.6) is 0 Å². The molecule has 4 rings (SSSR count). The van der Waals surface area contributed by atoms with Gasteiger partial charge in [0.1, 0.15) is 11.3 Å². The number of aromatic nitrogens is 3. The summed E-state index contributed by atoms with van der Waals surface area (Å²) >= 11 is 0. The van der Waals surface area contributed by atoms with Crippen molar-refractivity contribution in [2.24, 2.45) is 0 Å². The minimum Gasteiger partial charge on any atom is -0.465 e. The fraction of sp³-hybridized carbons (Fsp3) is 0.136. The summed E-state index contributed by atoms with van der Waals surface area (Å²) in [4.78, 5) is 25.3. The summed E-state index contributed by atoms with van der Waals surface area (Å²) in [7, 11) is 1.32. The zero-order valence-electron chi connectivity index (χ0n) is 15.4. The number of nitrogens with zero attached hydrogens (tertiary/aromatic N) is 3. The molecule has 0 aliphatic carbocycles. The number of para-hydroxylation sites is 1. The molecular formula is C22H19N3O3.